The molecule has 1 aromatic carbocycles. The first-order chi connectivity index (χ1) is 10.5. The third-order valence-electron chi connectivity index (χ3n) is 3.35. The second-order valence-corrected chi connectivity index (χ2v) is 6.41. The van der Waals surface area contributed by atoms with Crippen molar-refractivity contribution in [2.24, 2.45) is 0 Å². The molecule has 2 aromatic rings. The standard InChI is InChI=1S/C15H21FN4OS/c1-15(2,11-3-5-12(16)6-4-11)10-18-14-19-13(20-22-14)9-17-7-8-21/h3-6,17,21H,7-10H2,1-2H3,(H,18,19,20). The largest absolute Gasteiger partial charge is 0.395 e. The predicted molar refractivity (Wildman–Crippen MR) is 86.6 cm³/mol. The zero-order chi connectivity index (χ0) is 16.0. The molecule has 0 unspecified atom stereocenters. The minimum Gasteiger partial charge on any atom is -0.395 e. The Morgan fingerprint density at radius 3 is 2.68 bits per heavy atom. The number of hydrogen-bond acceptors (Lipinski definition) is 6. The number of halogens is 1. The van der Waals surface area contributed by atoms with Crippen molar-refractivity contribution in [2.75, 3.05) is 25.0 Å². The average Bonchev–Trinajstić information content (AvgIpc) is 2.94. The van der Waals surface area contributed by atoms with Crippen molar-refractivity contribution >= 4 is 16.7 Å². The summed E-state index contributed by atoms with van der Waals surface area (Å²) in [6.07, 6.45) is 0. The number of benzene rings is 1. The van der Waals surface area contributed by atoms with Gasteiger partial charge in [0.1, 0.15) is 5.82 Å². The van der Waals surface area contributed by atoms with Gasteiger partial charge in [0.2, 0.25) is 5.13 Å². The first-order valence-electron chi connectivity index (χ1n) is 7.15. The van der Waals surface area contributed by atoms with Gasteiger partial charge in [-0.05, 0) is 17.7 Å². The molecule has 0 radical (unpaired) electrons. The molecule has 1 aromatic heterocycles. The molecular formula is C15H21FN4OS. The molecule has 7 heteroatoms. The lowest BCUT2D eigenvalue weighted by Crippen LogP contribution is -2.27. The number of aliphatic hydroxyl groups is 1. The molecule has 0 aliphatic heterocycles. The lowest BCUT2D eigenvalue weighted by atomic mass is 9.85. The number of nitrogens with one attached hydrogen (secondary N) is 2. The van der Waals surface area contributed by atoms with Gasteiger partial charge in [-0.2, -0.15) is 4.37 Å². The number of aliphatic hydroxyl groups excluding tert-OH is 1. The summed E-state index contributed by atoms with van der Waals surface area (Å²) in [6, 6.07) is 6.57. The van der Waals surface area contributed by atoms with Crippen molar-refractivity contribution in [2.45, 2.75) is 25.8 Å². The second-order valence-electron chi connectivity index (χ2n) is 5.66. The molecule has 2 rings (SSSR count). The van der Waals surface area contributed by atoms with Gasteiger partial charge in [-0.15, -0.1) is 0 Å². The van der Waals surface area contributed by atoms with E-state index in [1.165, 1.54) is 23.7 Å². The molecule has 120 valence electrons. The average molecular weight is 324 g/mol. The summed E-state index contributed by atoms with van der Waals surface area (Å²) in [4.78, 5) is 4.39. The molecule has 3 N–H and O–H groups in total. The summed E-state index contributed by atoms with van der Waals surface area (Å²) in [5, 5.41) is 15.8. The summed E-state index contributed by atoms with van der Waals surface area (Å²) < 4.78 is 17.2. The van der Waals surface area contributed by atoms with Crippen LogP contribution in [0.2, 0.25) is 0 Å². The third-order valence-corrected chi connectivity index (χ3v) is 4.06. The molecule has 0 fully saturated rings. The molecule has 0 atom stereocenters. The predicted octanol–water partition coefficient (Wildman–Crippen LogP) is 2.15. The lowest BCUT2D eigenvalue weighted by Gasteiger charge is -2.25. The van der Waals surface area contributed by atoms with Crippen LogP contribution in [0.1, 0.15) is 25.2 Å². The zero-order valence-electron chi connectivity index (χ0n) is 12.8. The molecule has 0 saturated heterocycles. The Kier molecular flexibility index (Phi) is 5.82. The van der Waals surface area contributed by atoms with Gasteiger partial charge in [-0.25, -0.2) is 9.37 Å². The molecule has 0 bridgehead atoms. The highest BCUT2D eigenvalue weighted by Gasteiger charge is 2.21. The molecule has 0 amide bonds. The van der Waals surface area contributed by atoms with Gasteiger partial charge in [0.05, 0.1) is 13.2 Å². The van der Waals surface area contributed by atoms with E-state index in [1.54, 1.807) is 12.1 Å². The Morgan fingerprint density at radius 2 is 2.00 bits per heavy atom. The fraction of sp³-hybridized carbons (Fsp3) is 0.467. The fourth-order valence-electron chi connectivity index (χ4n) is 1.98. The van der Waals surface area contributed by atoms with E-state index < -0.39 is 0 Å². The van der Waals surface area contributed by atoms with E-state index in [-0.39, 0.29) is 17.8 Å². The van der Waals surface area contributed by atoms with Crippen molar-refractivity contribution in [1.29, 1.82) is 0 Å². The SMILES string of the molecule is CC(C)(CNc1nc(CNCCO)ns1)c1ccc(F)cc1. The van der Waals surface area contributed by atoms with Crippen molar-refractivity contribution in [3.63, 3.8) is 0 Å². The zero-order valence-corrected chi connectivity index (χ0v) is 13.6. The molecule has 5 nitrogen and oxygen atoms in total. The smallest absolute Gasteiger partial charge is 0.202 e. The lowest BCUT2D eigenvalue weighted by molar-refractivity contribution is 0.291. The van der Waals surface area contributed by atoms with Crippen LogP contribution in [0, 0.1) is 5.82 Å². The fourth-order valence-corrected chi connectivity index (χ4v) is 2.56. The normalized spacial score (nSPS) is 11.6. The molecule has 0 spiro atoms. The topological polar surface area (TPSA) is 70.1 Å². The molecular weight excluding hydrogens is 303 g/mol. The van der Waals surface area contributed by atoms with Crippen LogP contribution in [-0.2, 0) is 12.0 Å². The maximum Gasteiger partial charge on any atom is 0.202 e. The van der Waals surface area contributed by atoms with E-state index in [1.807, 2.05) is 0 Å². The van der Waals surface area contributed by atoms with Gasteiger partial charge in [-0.3, -0.25) is 0 Å². The van der Waals surface area contributed by atoms with E-state index in [9.17, 15) is 4.39 Å². The maximum atomic E-state index is 13.0. The highest BCUT2D eigenvalue weighted by atomic mass is 32.1. The van der Waals surface area contributed by atoms with Gasteiger partial charge in [0.25, 0.3) is 0 Å². The van der Waals surface area contributed by atoms with Crippen LogP contribution in [0.15, 0.2) is 24.3 Å². The molecule has 0 aliphatic rings. The molecule has 0 saturated carbocycles. The summed E-state index contributed by atoms with van der Waals surface area (Å²) in [6.45, 7) is 6.04. The van der Waals surface area contributed by atoms with E-state index in [0.717, 1.165) is 10.7 Å². The van der Waals surface area contributed by atoms with Crippen LogP contribution in [0.3, 0.4) is 0 Å². The Bertz CT molecular complexity index is 585. The van der Waals surface area contributed by atoms with Gasteiger partial charge < -0.3 is 15.7 Å². The first kappa shape index (κ1) is 16.8. The van der Waals surface area contributed by atoms with Crippen molar-refractivity contribution in [3.8, 4) is 0 Å². The Hall–Kier alpha value is -1.57. The Morgan fingerprint density at radius 1 is 1.27 bits per heavy atom. The van der Waals surface area contributed by atoms with Crippen LogP contribution in [0.25, 0.3) is 0 Å². The van der Waals surface area contributed by atoms with Gasteiger partial charge >= 0.3 is 0 Å². The van der Waals surface area contributed by atoms with Gasteiger partial charge in [-0.1, -0.05) is 26.0 Å². The van der Waals surface area contributed by atoms with Crippen molar-refractivity contribution in [1.82, 2.24) is 14.7 Å². The van der Waals surface area contributed by atoms with Crippen LogP contribution >= 0.6 is 11.5 Å². The Labute approximate surface area is 133 Å². The van der Waals surface area contributed by atoms with Crippen molar-refractivity contribution < 1.29 is 9.50 Å². The van der Waals surface area contributed by atoms with E-state index >= 15 is 0 Å². The number of anilines is 1. The van der Waals surface area contributed by atoms with E-state index in [4.69, 9.17) is 5.11 Å². The number of hydrogen-bond donors (Lipinski definition) is 3. The summed E-state index contributed by atoms with van der Waals surface area (Å²) in [5.74, 6) is 0.484. The quantitative estimate of drug-likeness (QED) is 0.649. The highest BCUT2D eigenvalue weighted by molar-refractivity contribution is 7.09. The van der Waals surface area contributed by atoms with Crippen molar-refractivity contribution in [3.05, 3.63) is 41.5 Å². The third kappa shape index (κ3) is 4.72. The summed E-state index contributed by atoms with van der Waals surface area (Å²) >= 11 is 1.31. The molecule has 1 heterocycles. The van der Waals surface area contributed by atoms with Crippen LogP contribution in [0.5, 0.6) is 0 Å². The second kappa shape index (κ2) is 7.62. The van der Waals surface area contributed by atoms with Crippen LogP contribution in [0.4, 0.5) is 9.52 Å². The summed E-state index contributed by atoms with van der Waals surface area (Å²) in [5.41, 5.74) is 0.921. The minimum atomic E-state index is -0.225. The van der Waals surface area contributed by atoms with Gasteiger partial charge in [0, 0.05) is 30.0 Å². The number of nitrogens with zero attached hydrogens (tertiary/aromatic N) is 2. The van der Waals surface area contributed by atoms with E-state index in [2.05, 4.69) is 33.8 Å². The van der Waals surface area contributed by atoms with Crippen LogP contribution < -0.4 is 10.6 Å². The highest BCUT2D eigenvalue weighted by Crippen LogP contribution is 2.24. The minimum absolute atomic E-state index is 0.0983. The maximum absolute atomic E-state index is 13.0. The summed E-state index contributed by atoms with van der Waals surface area (Å²) in [7, 11) is 0. The van der Waals surface area contributed by atoms with Crippen LogP contribution in [-0.4, -0.2) is 34.2 Å². The number of aromatic nitrogens is 2. The number of rotatable bonds is 8. The van der Waals surface area contributed by atoms with Gasteiger partial charge in [0.15, 0.2) is 5.82 Å². The first-order valence-corrected chi connectivity index (χ1v) is 7.93. The van der Waals surface area contributed by atoms with E-state index in [0.29, 0.717) is 25.5 Å². The molecule has 22 heavy (non-hydrogen) atoms. The monoisotopic (exact) mass is 324 g/mol. The Balaban J connectivity index is 1.90. The molecule has 0 aliphatic carbocycles.